The zero-order valence-corrected chi connectivity index (χ0v) is 14.3. The lowest BCUT2D eigenvalue weighted by Crippen LogP contribution is -2.41. The summed E-state index contributed by atoms with van der Waals surface area (Å²) in [5.41, 5.74) is 3.18. The minimum atomic E-state index is 0.0139. The number of furan rings is 1. The van der Waals surface area contributed by atoms with Gasteiger partial charge >= 0.3 is 0 Å². The van der Waals surface area contributed by atoms with Crippen LogP contribution in [0.25, 0.3) is 21.9 Å². The maximum absolute atomic E-state index is 10.0. The Bertz CT molecular complexity index is 918. The number of hydrogen-bond donors (Lipinski definition) is 1. The molecule has 5 rings (SSSR count). The predicted octanol–water partition coefficient (Wildman–Crippen LogP) is 3.42. The number of benzene rings is 2. The summed E-state index contributed by atoms with van der Waals surface area (Å²) in [6.07, 6.45) is 0.958. The zero-order valence-electron chi connectivity index (χ0n) is 14.3. The summed E-state index contributed by atoms with van der Waals surface area (Å²) in [4.78, 5) is 2.46. The van der Waals surface area contributed by atoms with Crippen LogP contribution in [0, 0.1) is 11.3 Å². The quantitative estimate of drug-likeness (QED) is 0.795. The third-order valence-electron chi connectivity index (χ3n) is 6.14. The number of para-hydroxylation sites is 2. The first-order valence-electron chi connectivity index (χ1n) is 9.09. The molecule has 130 valence electrons. The normalized spacial score (nSPS) is 27.2. The molecule has 2 saturated heterocycles. The molecule has 0 unspecified atom stereocenters. The Labute approximate surface area is 147 Å². The van der Waals surface area contributed by atoms with Crippen molar-refractivity contribution in [3.05, 3.63) is 48.0 Å². The molecule has 3 heterocycles. The lowest BCUT2D eigenvalue weighted by atomic mass is 9.75. The van der Waals surface area contributed by atoms with E-state index in [1.165, 1.54) is 16.3 Å². The van der Waals surface area contributed by atoms with E-state index in [4.69, 9.17) is 9.15 Å². The van der Waals surface area contributed by atoms with Gasteiger partial charge in [0.25, 0.3) is 0 Å². The standard InChI is InChI=1S/C21H23NO3/c23-14-21-8-9-24-12-16(21)11-22(13-21)10-15-4-3-6-18-17-5-1-2-7-19(17)25-20(15)18/h1-7,16,23H,8-14H2/t16-,21-/m1/s1. The predicted molar refractivity (Wildman–Crippen MR) is 97.4 cm³/mol. The Morgan fingerprint density at radius 3 is 2.88 bits per heavy atom. The topological polar surface area (TPSA) is 45.8 Å². The average Bonchev–Trinajstić information content (AvgIpc) is 3.21. The monoisotopic (exact) mass is 337 g/mol. The summed E-state index contributed by atoms with van der Waals surface area (Å²) in [7, 11) is 0. The van der Waals surface area contributed by atoms with Crippen molar-refractivity contribution in [2.24, 2.45) is 11.3 Å². The molecule has 25 heavy (non-hydrogen) atoms. The van der Waals surface area contributed by atoms with Gasteiger partial charge in [-0.3, -0.25) is 4.90 Å². The number of likely N-dealkylation sites (tertiary alicyclic amines) is 1. The van der Waals surface area contributed by atoms with Gasteiger partial charge in [-0.25, -0.2) is 0 Å². The van der Waals surface area contributed by atoms with Crippen LogP contribution in [0.15, 0.2) is 46.9 Å². The molecule has 3 aromatic rings. The maximum Gasteiger partial charge on any atom is 0.139 e. The molecule has 4 heteroatoms. The molecule has 2 atom stereocenters. The number of fused-ring (bicyclic) bond motifs is 4. The molecule has 0 amide bonds. The molecule has 1 N–H and O–H groups in total. The van der Waals surface area contributed by atoms with Gasteiger partial charge in [-0.15, -0.1) is 0 Å². The molecule has 4 nitrogen and oxygen atoms in total. The van der Waals surface area contributed by atoms with Crippen LogP contribution < -0.4 is 0 Å². The molecule has 0 bridgehead atoms. The van der Waals surface area contributed by atoms with Crippen LogP contribution in [0.2, 0.25) is 0 Å². The Hall–Kier alpha value is -1.88. The van der Waals surface area contributed by atoms with Gasteiger partial charge < -0.3 is 14.3 Å². The second-order valence-corrected chi connectivity index (χ2v) is 7.60. The lowest BCUT2D eigenvalue weighted by Gasteiger charge is -2.36. The molecule has 0 radical (unpaired) electrons. The van der Waals surface area contributed by atoms with Gasteiger partial charge in [0.2, 0.25) is 0 Å². The summed E-state index contributed by atoms with van der Waals surface area (Å²) < 4.78 is 11.8. The smallest absolute Gasteiger partial charge is 0.139 e. The first kappa shape index (κ1) is 15.4. The average molecular weight is 337 g/mol. The van der Waals surface area contributed by atoms with Crippen LogP contribution in [0.1, 0.15) is 12.0 Å². The minimum absolute atomic E-state index is 0.0139. The van der Waals surface area contributed by atoms with Crippen LogP contribution in [-0.2, 0) is 11.3 Å². The Morgan fingerprint density at radius 2 is 2.00 bits per heavy atom. The second kappa shape index (κ2) is 5.84. The molecule has 1 aromatic heterocycles. The molecule has 2 aliphatic heterocycles. The van der Waals surface area contributed by atoms with Gasteiger partial charge in [-0.2, -0.15) is 0 Å². The second-order valence-electron chi connectivity index (χ2n) is 7.60. The Morgan fingerprint density at radius 1 is 1.12 bits per heavy atom. The van der Waals surface area contributed by atoms with E-state index in [2.05, 4.69) is 35.2 Å². The molecule has 2 fully saturated rings. The summed E-state index contributed by atoms with van der Waals surface area (Å²) in [5.74, 6) is 0.432. The molecule has 0 spiro atoms. The minimum Gasteiger partial charge on any atom is -0.456 e. The Balaban J connectivity index is 1.48. The van der Waals surface area contributed by atoms with Crippen molar-refractivity contribution in [2.45, 2.75) is 13.0 Å². The van der Waals surface area contributed by atoms with Crippen LogP contribution in [0.5, 0.6) is 0 Å². The van der Waals surface area contributed by atoms with Crippen molar-refractivity contribution >= 4 is 21.9 Å². The number of rotatable bonds is 3. The van der Waals surface area contributed by atoms with E-state index in [1.54, 1.807) is 0 Å². The summed E-state index contributed by atoms with van der Waals surface area (Å²) in [5, 5.41) is 12.4. The van der Waals surface area contributed by atoms with Crippen molar-refractivity contribution in [3.63, 3.8) is 0 Å². The highest BCUT2D eigenvalue weighted by Crippen LogP contribution is 2.42. The summed E-state index contributed by atoms with van der Waals surface area (Å²) in [6, 6.07) is 14.6. The van der Waals surface area contributed by atoms with Crippen LogP contribution in [0.3, 0.4) is 0 Å². The fraction of sp³-hybridized carbons (Fsp3) is 0.429. The van der Waals surface area contributed by atoms with Crippen molar-refractivity contribution in [3.8, 4) is 0 Å². The van der Waals surface area contributed by atoms with Gasteiger partial charge in [0, 0.05) is 53.9 Å². The van der Waals surface area contributed by atoms with Gasteiger partial charge in [-0.05, 0) is 12.5 Å². The highest BCUT2D eigenvalue weighted by Gasteiger charge is 2.47. The fourth-order valence-electron chi connectivity index (χ4n) is 4.71. The van der Waals surface area contributed by atoms with Crippen molar-refractivity contribution in [1.29, 1.82) is 0 Å². The van der Waals surface area contributed by atoms with Gasteiger partial charge in [0.05, 0.1) is 13.2 Å². The van der Waals surface area contributed by atoms with Crippen molar-refractivity contribution in [1.82, 2.24) is 4.90 Å². The van der Waals surface area contributed by atoms with E-state index in [0.717, 1.165) is 50.4 Å². The van der Waals surface area contributed by atoms with E-state index < -0.39 is 0 Å². The molecule has 2 aliphatic rings. The van der Waals surface area contributed by atoms with Crippen LogP contribution in [0.4, 0.5) is 0 Å². The number of ether oxygens (including phenoxy) is 1. The van der Waals surface area contributed by atoms with E-state index >= 15 is 0 Å². The van der Waals surface area contributed by atoms with Crippen molar-refractivity contribution < 1.29 is 14.3 Å². The zero-order chi connectivity index (χ0) is 16.9. The third kappa shape index (κ3) is 2.40. The highest BCUT2D eigenvalue weighted by molar-refractivity contribution is 6.05. The highest BCUT2D eigenvalue weighted by atomic mass is 16.5. The maximum atomic E-state index is 10.0. The summed E-state index contributed by atoms with van der Waals surface area (Å²) in [6.45, 7) is 4.57. The first-order chi connectivity index (χ1) is 12.3. The fourth-order valence-corrected chi connectivity index (χ4v) is 4.71. The molecular weight excluding hydrogens is 314 g/mol. The first-order valence-corrected chi connectivity index (χ1v) is 9.09. The van der Waals surface area contributed by atoms with E-state index in [9.17, 15) is 5.11 Å². The third-order valence-corrected chi connectivity index (χ3v) is 6.14. The summed E-state index contributed by atoms with van der Waals surface area (Å²) >= 11 is 0. The van der Waals surface area contributed by atoms with E-state index in [0.29, 0.717) is 5.92 Å². The van der Waals surface area contributed by atoms with E-state index in [-0.39, 0.29) is 12.0 Å². The van der Waals surface area contributed by atoms with E-state index in [1.807, 2.05) is 12.1 Å². The Kier molecular flexibility index (Phi) is 3.59. The van der Waals surface area contributed by atoms with Crippen molar-refractivity contribution in [2.75, 3.05) is 32.9 Å². The van der Waals surface area contributed by atoms with Gasteiger partial charge in [-0.1, -0.05) is 36.4 Å². The largest absolute Gasteiger partial charge is 0.456 e. The molecule has 2 aromatic carbocycles. The number of aliphatic hydroxyl groups is 1. The molecule has 0 aliphatic carbocycles. The van der Waals surface area contributed by atoms with Crippen LogP contribution >= 0.6 is 0 Å². The number of hydrogen-bond acceptors (Lipinski definition) is 4. The SMILES string of the molecule is OC[C@]12CCOC[C@H]1CN(Cc1cccc3c1oc1ccccc13)C2. The van der Waals surface area contributed by atoms with Gasteiger partial charge in [0.1, 0.15) is 11.2 Å². The molecule has 0 saturated carbocycles. The lowest BCUT2D eigenvalue weighted by molar-refractivity contribution is -0.0417. The molecular formula is C21H23NO3. The van der Waals surface area contributed by atoms with Crippen LogP contribution in [-0.4, -0.2) is 42.9 Å². The number of nitrogens with zero attached hydrogens (tertiary/aromatic N) is 1. The van der Waals surface area contributed by atoms with Gasteiger partial charge in [0.15, 0.2) is 0 Å². The number of aliphatic hydroxyl groups excluding tert-OH is 1.